The predicted octanol–water partition coefficient (Wildman–Crippen LogP) is 3.27. The molecule has 0 amide bonds. The summed E-state index contributed by atoms with van der Waals surface area (Å²) >= 11 is 0. The molecule has 1 saturated heterocycles. The van der Waals surface area contributed by atoms with Crippen LogP contribution in [0.2, 0.25) is 0 Å². The number of nitriles is 1. The molecule has 8 nitrogen and oxygen atoms in total. The molecule has 28 heavy (non-hydrogen) atoms. The van der Waals surface area contributed by atoms with Crippen LogP contribution >= 0.6 is 8.53 Å². The third-order valence-corrected chi connectivity index (χ3v) is 5.96. The highest BCUT2D eigenvalue weighted by Gasteiger charge is 2.39. The van der Waals surface area contributed by atoms with Gasteiger partial charge in [0.1, 0.15) is 27.2 Å². The first-order valence-electron chi connectivity index (χ1n) is 9.36. The van der Waals surface area contributed by atoms with E-state index in [1.165, 1.54) is 6.08 Å². The Morgan fingerprint density at radius 2 is 2.07 bits per heavy atom. The van der Waals surface area contributed by atoms with Crippen molar-refractivity contribution in [2.45, 2.75) is 70.8 Å². The summed E-state index contributed by atoms with van der Waals surface area (Å²) in [5.41, 5.74) is 0. The normalized spacial score (nSPS) is 23.0. The number of hydrogen-bond donors (Lipinski definition) is 0. The molecular weight excluding hydrogens is 382 g/mol. The third-order valence-electron chi connectivity index (χ3n) is 3.80. The van der Waals surface area contributed by atoms with Gasteiger partial charge in [-0.15, -0.1) is 0 Å². The van der Waals surface area contributed by atoms with E-state index in [1.54, 1.807) is 0 Å². The van der Waals surface area contributed by atoms with Gasteiger partial charge in [-0.25, -0.2) is 9.46 Å². The highest BCUT2D eigenvalue weighted by molar-refractivity contribution is 7.44. The molecule has 0 spiro atoms. The second-order valence-corrected chi connectivity index (χ2v) is 8.21. The maximum absolute atomic E-state index is 11.6. The minimum absolute atomic E-state index is 0.0426. The maximum Gasteiger partial charge on any atom is 0.508 e. The van der Waals surface area contributed by atoms with E-state index in [1.807, 2.05) is 0 Å². The molecule has 0 aromatic rings. The topological polar surface area (TPSA) is 90.2 Å². The minimum atomic E-state index is -1.45. The molecule has 1 fully saturated rings. The van der Waals surface area contributed by atoms with E-state index in [2.05, 4.69) is 45.0 Å². The Hall–Kier alpha value is -1.17. The number of carbonyl (C=O) groups excluding carboxylic acids is 1. The fourth-order valence-corrected chi connectivity index (χ4v) is 4.49. The Labute approximate surface area is 170 Å². The van der Waals surface area contributed by atoms with E-state index in [0.29, 0.717) is 6.42 Å². The average molecular weight is 412 g/mol. The summed E-state index contributed by atoms with van der Waals surface area (Å²) in [6.07, 6.45) is 0.427. The number of ether oxygens (including phenoxy) is 3. The molecule has 1 aliphatic heterocycles. The SMILES string of the molecule is [B][C@H]1C[C@H](OP(OCCC#N)N(C(C)C)C(C)C)[C@@H](COC(=O)OCC=C)O1. The van der Waals surface area contributed by atoms with Crippen molar-refractivity contribution in [1.82, 2.24) is 4.67 Å². The largest absolute Gasteiger partial charge is 0.508 e. The lowest BCUT2D eigenvalue weighted by molar-refractivity contribution is -0.0237. The van der Waals surface area contributed by atoms with E-state index in [9.17, 15) is 4.79 Å². The number of rotatable bonds is 12. The molecule has 0 saturated carbocycles. The van der Waals surface area contributed by atoms with Crippen molar-refractivity contribution in [3.63, 3.8) is 0 Å². The highest BCUT2D eigenvalue weighted by Crippen LogP contribution is 2.49. The van der Waals surface area contributed by atoms with Crippen molar-refractivity contribution in [2.75, 3.05) is 19.8 Å². The van der Waals surface area contributed by atoms with Gasteiger partial charge in [0.2, 0.25) is 0 Å². The molecule has 0 N–H and O–H groups in total. The zero-order valence-electron chi connectivity index (χ0n) is 17.1. The van der Waals surface area contributed by atoms with Crippen LogP contribution in [0.15, 0.2) is 12.7 Å². The van der Waals surface area contributed by atoms with Gasteiger partial charge in [0.05, 0.1) is 25.2 Å². The zero-order chi connectivity index (χ0) is 21.1. The van der Waals surface area contributed by atoms with E-state index in [-0.39, 0.29) is 38.3 Å². The molecule has 1 aliphatic rings. The molecule has 0 aliphatic carbocycles. The second kappa shape index (κ2) is 13.1. The first kappa shape index (κ1) is 24.9. The van der Waals surface area contributed by atoms with Gasteiger partial charge in [0.15, 0.2) is 0 Å². The summed E-state index contributed by atoms with van der Waals surface area (Å²) in [6, 6.07) is 1.89. The van der Waals surface area contributed by atoms with Crippen molar-refractivity contribution < 1.29 is 28.1 Å². The molecule has 4 atom stereocenters. The monoisotopic (exact) mass is 412 g/mol. The van der Waals surface area contributed by atoms with Gasteiger partial charge in [-0.3, -0.25) is 0 Å². The van der Waals surface area contributed by atoms with E-state index < -0.39 is 32.9 Å². The van der Waals surface area contributed by atoms with Crippen molar-refractivity contribution >= 4 is 22.5 Å². The zero-order valence-corrected chi connectivity index (χ0v) is 18.0. The van der Waals surface area contributed by atoms with E-state index in [4.69, 9.17) is 36.4 Å². The Balaban J connectivity index is 2.77. The Morgan fingerprint density at radius 1 is 1.39 bits per heavy atom. The van der Waals surface area contributed by atoms with Gasteiger partial charge in [-0.2, -0.15) is 5.26 Å². The fraction of sp³-hybridized carbons (Fsp3) is 0.778. The van der Waals surface area contributed by atoms with Gasteiger partial charge < -0.3 is 23.3 Å². The van der Waals surface area contributed by atoms with Gasteiger partial charge in [-0.05, 0) is 34.1 Å². The highest BCUT2D eigenvalue weighted by atomic mass is 31.2. The van der Waals surface area contributed by atoms with Crippen LogP contribution in [0.25, 0.3) is 0 Å². The lowest BCUT2D eigenvalue weighted by atomic mass is 9.96. The Bertz CT molecular complexity index is 523. The van der Waals surface area contributed by atoms with Crippen LogP contribution in [-0.4, -0.2) is 68.8 Å². The molecule has 0 aromatic carbocycles. The summed E-state index contributed by atoms with van der Waals surface area (Å²) in [7, 11) is 4.47. The number of carbonyl (C=O) groups is 1. The van der Waals surface area contributed by atoms with Crippen LogP contribution in [0.5, 0.6) is 0 Å². The van der Waals surface area contributed by atoms with E-state index >= 15 is 0 Å². The van der Waals surface area contributed by atoms with Crippen molar-refractivity contribution in [1.29, 1.82) is 5.26 Å². The average Bonchev–Trinajstić information content (AvgIpc) is 2.96. The standard InChI is InChI=1S/C18H30BN2O6P/c1-6-9-23-18(22)24-12-16-15(11-17(19)26-16)27-28(25-10-7-8-20)21(13(2)3)14(4)5/h6,13-17H,1,7,9-12H2,2-5H3/t15-,16+,17+,28?/m0/s1. The van der Waals surface area contributed by atoms with Crippen LogP contribution in [0.3, 0.4) is 0 Å². The summed E-state index contributed by atoms with van der Waals surface area (Å²) in [5.74, 6) is 0. The molecule has 0 bridgehead atoms. The third kappa shape index (κ3) is 8.46. The van der Waals surface area contributed by atoms with Crippen LogP contribution < -0.4 is 0 Å². The summed E-state index contributed by atoms with van der Waals surface area (Å²) < 4.78 is 29.8. The minimum Gasteiger partial charge on any atom is -0.431 e. The van der Waals surface area contributed by atoms with Crippen molar-refractivity contribution in [2.24, 2.45) is 0 Å². The quantitative estimate of drug-likeness (QED) is 0.159. The van der Waals surface area contributed by atoms with Gasteiger partial charge >= 0.3 is 6.16 Å². The van der Waals surface area contributed by atoms with Gasteiger partial charge in [0.25, 0.3) is 8.53 Å². The van der Waals surface area contributed by atoms with Crippen LogP contribution in [0.4, 0.5) is 4.79 Å². The maximum atomic E-state index is 11.6. The molecular formula is C18H30BN2O6P. The van der Waals surface area contributed by atoms with Crippen molar-refractivity contribution in [3.8, 4) is 6.07 Å². The van der Waals surface area contributed by atoms with Gasteiger partial charge in [-0.1, -0.05) is 12.7 Å². The molecule has 156 valence electrons. The Morgan fingerprint density at radius 3 is 2.64 bits per heavy atom. The molecule has 1 unspecified atom stereocenters. The van der Waals surface area contributed by atoms with E-state index in [0.717, 1.165) is 0 Å². The second-order valence-electron chi connectivity index (χ2n) is 6.80. The van der Waals surface area contributed by atoms with Crippen LogP contribution in [0.1, 0.15) is 40.5 Å². The smallest absolute Gasteiger partial charge is 0.431 e. The number of hydrogen-bond acceptors (Lipinski definition) is 8. The molecule has 2 radical (unpaired) electrons. The molecule has 10 heteroatoms. The predicted molar refractivity (Wildman–Crippen MR) is 107 cm³/mol. The molecule has 1 heterocycles. The first-order valence-corrected chi connectivity index (χ1v) is 10.5. The molecule has 1 rings (SSSR count). The fourth-order valence-electron chi connectivity index (χ4n) is 2.73. The summed E-state index contributed by atoms with van der Waals surface area (Å²) in [5, 5.41) is 8.80. The van der Waals surface area contributed by atoms with Crippen molar-refractivity contribution in [3.05, 3.63) is 12.7 Å². The van der Waals surface area contributed by atoms with Crippen LogP contribution in [0, 0.1) is 11.3 Å². The first-order chi connectivity index (χ1) is 13.3. The molecule has 0 aromatic heterocycles. The lowest BCUT2D eigenvalue weighted by Crippen LogP contribution is -2.36. The summed E-state index contributed by atoms with van der Waals surface area (Å²) in [6.45, 7) is 12.0. The van der Waals surface area contributed by atoms with Crippen LogP contribution in [-0.2, 0) is 23.3 Å². The summed E-state index contributed by atoms with van der Waals surface area (Å²) in [4.78, 5) is 11.6. The lowest BCUT2D eigenvalue weighted by Gasteiger charge is -2.37. The van der Waals surface area contributed by atoms with Gasteiger partial charge in [0, 0.05) is 18.1 Å². The Kier molecular flexibility index (Phi) is 11.7. The number of nitrogens with zero attached hydrogens (tertiary/aromatic N) is 2.